The molecular weight excluding hydrogens is 721 g/mol. The number of carbonyl (C=O) groups is 3. The fraction of sp³-hybridized carbons (Fsp3) is 0.942. The van der Waals surface area contributed by atoms with Crippen LogP contribution in [0.15, 0.2) is 0 Å². The lowest BCUT2D eigenvalue weighted by molar-refractivity contribution is -0.167. The van der Waals surface area contributed by atoms with Crippen molar-refractivity contribution in [3.63, 3.8) is 0 Å². The van der Waals surface area contributed by atoms with Gasteiger partial charge in [0.2, 0.25) is 0 Å². The Morgan fingerprint density at radius 2 is 0.603 bits per heavy atom. The van der Waals surface area contributed by atoms with Crippen molar-refractivity contribution in [1.82, 2.24) is 0 Å². The molecule has 58 heavy (non-hydrogen) atoms. The van der Waals surface area contributed by atoms with Crippen LogP contribution in [0.2, 0.25) is 0 Å². The van der Waals surface area contributed by atoms with Gasteiger partial charge in [-0.2, -0.15) is 0 Å². The Balaban J connectivity index is 4.26. The van der Waals surface area contributed by atoms with Crippen molar-refractivity contribution in [1.29, 1.82) is 0 Å². The largest absolute Gasteiger partial charge is 0.462 e. The van der Waals surface area contributed by atoms with E-state index in [0.29, 0.717) is 19.3 Å². The lowest BCUT2D eigenvalue weighted by Gasteiger charge is -2.18. The minimum Gasteiger partial charge on any atom is -0.462 e. The van der Waals surface area contributed by atoms with Gasteiger partial charge >= 0.3 is 17.9 Å². The molecule has 0 saturated heterocycles. The van der Waals surface area contributed by atoms with Gasteiger partial charge < -0.3 is 14.2 Å². The first-order valence-electron chi connectivity index (χ1n) is 25.9. The lowest BCUT2D eigenvalue weighted by atomic mass is 10.00. The number of ether oxygens (including phenoxy) is 3. The van der Waals surface area contributed by atoms with E-state index in [2.05, 4.69) is 27.7 Å². The van der Waals surface area contributed by atoms with Crippen molar-refractivity contribution < 1.29 is 28.6 Å². The number of carbonyl (C=O) groups excluding carboxylic acids is 3. The van der Waals surface area contributed by atoms with Crippen LogP contribution in [-0.2, 0) is 28.6 Å². The molecule has 0 spiro atoms. The zero-order valence-electron chi connectivity index (χ0n) is 39.5. The summed E-state index contributed by atoms with van der Waals surface area (Å²) in [6.45, 7) is 9.00. The molecule has 0 saturated carbocycles. The van der Waals surface area contributed by atoms with Gasteiger partial charge in [0.15, 0.2) is 6.10 Å². The van der Waals surface area contributed by atoms with Gasteiger partial charge in [0, 0.05) is 19.3 Å². The summed E-state index contributed by atoms with van der Waals surface area (Å²) < 4.78 is 16.8. The van der Waals surface area contributed by atoms with Crippen LogP contribution in [0.25, 0.3) is 0 Å². The summed E-state index contributed by atoms with van der Waals surface area (Å²) in [5, 5.41) is 0. The Kier molecular flexibility index (Phi) is 45.2. The predicted octanol–water partition coefficient (Wildman–Crippen LogP) is 16.7. The molecule has 0 aliphatic heterocycles. The van der Waals surface area contributed by atoms with E-state index in [9.17, 15) is 14.4 Å². The highest BCUT2D eigenvalue weighted by atomic mass is 16.6. The molecule has 0 aromatic rings. The van der Waals surface area contributed by atoms with Crippen molar-refractivity contribution in [3.05, 3.63) is 0 Å². The highest BCUT2D eigenvalue weighted by Crippen LogP contribution is 2.17. The van der Waals surface area contributed by atoms with Crippen LogP contribution < -0.4 is 0 Å². The van der Waals surface area contributed by atoms with Gasteiger partial charge in [-0.15, -0.1) is 0 Å². The first-order chi connectivity index (χ1) is 28.4. The predicted molar refractivity (Wildman–Crippen MR) is 247 cm³/mol. The second-order valence-electron chi connectivity index (χ2n) is 18.1. The molecule has 1 unspecified atom stereocenters. The Hall–Kier alpha value is -1.59. The smallest absolute Gasteiger partial charge is 0.306 e. The zero-order valence-corrected chi connectivity index (χ0v) is 39.5. The van der Waals surface area contributed by atoms with E-state index in [4.69, 9.17) is 14.2 Å². The van der Waals surface area contributed by atoms with Crippen LogP contribution in [0.5, 0.6) is 0 Å². The number of hydrogen-bond donors (Lipinski definition) is 0. The molecule has 0 heterocycles. The normalized spacial score (nSPS) is 12.4. The fourth-order valence-electron chi connectivity index (χ4n) is 7.83. The number of unbranched alkanes of at least 4 members (excludes halogenated alkanes) is 33. The second-order valence-corrected chi connectivity index (χ2v) is 18.1. The van der Waals surface area contributed by atoms with Crippen LogP contribution in [0.3, 0.4) is 0 Å². The molecule has 0 aromatic heterocycles. The van der Waals surface area contributed by atoms with Gasteiger partial charge in [0.1, 0.15) is 13.2 Å². The van der Waals surface area contributed by atoms with E-state index < -0.39 is 6.10 Å². The summed E-state index contributed by atoms with van der Waals surface area (Å²) in [5.74, 6) is -0.0384. The Labute approximate surface area is 361 Å². The molecule has 0 aromatic carbocycles. The molecule has 6 nitrogen and oxygen atoms in total. The third-order valence-corrected chi connectivity index (χ3v) is 12.2. The molecule has 0 aliphatic carbocycles. The van der Waals surface area contributed by atoms with Gasteiger partial charge in [-0.05, 0) is 25.2 Å². The minimum atomic E-state index is -0.761. The molecule has 0 bridgehead atoms. The molecule has 0 amide bonds. The van der Waals surface area contributed by atoms with E-state index in [1.165, 1.54) is 186 Å². The monoisotopic (exact) mass is 821 g/mol. The molecule has 6 heteroatoms. The van der Waals surface area contributed by atoms with Gasteiger partial charge in [0.25, 0.3) is 0 Å². The number of rotatable bonds is 47. The van der Waals surface area contributed by atoms with Gasteiger partial charge in [-0.25, -0.2) is 0 Å². The van der Waals surface area contributed by atoms with Crippen LogP contribution in [0.4, 0.5) is 0 Å². The molecule has 2 atom stereocenters. The van der Waals surface area contributed by atoms with Crippen molar-refractivity contribution in [2.24, 2.45) is 5.92 Å². The zero-order chi connectivity index (χ0) is 42.4. The Bertz CT molecular complexity index is 874. The number of hydrogen-bond acceptors (Lipinski definition) is 6. The first-order valence-corrected chi connectivity index (χ1v) is 25.9. The van der Waals surface area contributed by atoms with Crippen LogP contribution in [0, 0.1) is 5.92 Å². The van der Waals surface area contributed by atoms with Crippen LogP contribution in [0.1, 0.15) is 291 Å². The summed E-state index contributed by atoms with van der Waals surface area (Å²) in [4.78, 5) is 37.9. The summed E-state index contributed by atoms with van der Waals surface area (Å²) in [6, 6.07) is 0. The van der Waals surface area contributed by atoms with Gasteiger partial charge in [-0.1, -0.05) is 252 Å². The second kappa shape index (κ2) is 46.5. The topological polar surface area (TPSA) is 78.9 Å². The highest BCUT2D eigenvalue weighted by molar-refractivity contribution is 5.71. The third kappa shape index (κ3) is 44.0. The highest BCUT2D eigenvalue weighted by Gasteiger charge is 2.19. The van der Waals surface area contributed by atoms with Crippen LogP contribution >= 0.6 is 0 Å². The van der Waals surface area contributed by atoms with Gasteiger partial charge in [-0.3, -0.25) is 14.4 Å². The standard InChI is InChI=1S/C52H100O6/c1-5-8-10-12-14-16-18-20-21-22-23-25-27-29-31-36-40-44-51(54)57-47-49(58-52(55)45-41-37-33-32-34-38-42-48(4)7-3)46-56-50(53)43-39-35-30-28-26-24-19-17-15-13-11-9-6-2/h48-49H,5-47H2,1-4H3/t48?,49-/m1/s1. The first kappa shape index (κ1) is 56.4. The number of esters is 3. The van der Waals surface area contributed by atoms with Gasteiger partial charge in [0.05, 0.1) is 0 Å². The van der Waals surface area contributed by atoms with E-state index in [-0.39, 0.29) is 31.1 Å². The average Bonchev–Trinajstić information content (AvgIpc) is 3.22. The van der Waals surface area contributed by atoms with E-state index in [1.807, 2.05) is 0 Å². The summed E-state index contributed by atoms with van der Waals surface area (Å²) in [5.41, 5.74) is 0. The quantitative estimate of drug-likeness (QED) is 0.0346. The molecule has 0 N–H and O–H groups in total. The summed E-state index contributed by atoms with van der Waals surface area (Å²) >= 11 is 0. The van der Waals surface area contributed by atoms with Crippen molar-refractivity contribution in [2.75, 3.05) is 13.2 Å². The summed E-state index contributed by atoms with van der Waals surface area (Å²) in [7, 11) is 0. The lowest BCUT2D eigenvalue weighted by Crippen LogP contribution is -2.30. The molecular formula is C52H100O6. The van der Waals surface area contributed by atoms with Crippen LogP contribution in [-0.4, -0.2) is 37.2 Å². The molecule has 0 radical (unpaired) electrons. The fourth-order valence-corrected chi connectivity index (χ4v) is 7.83. The Morgan fingerprint density at radius 3 is 0.897 bits per heavy atom. The minimum absolute atomic E-state index is 0.0638. The molecule has 0 fully saturated rings. The molecule has 344 valence electrons. The van der Waals surface area contributed by atoms with E-state index >= 15 is 0 Å². The maximum Gasteiger partial charge on any atom is 0.306 e. The maximum absolute atomic E-state index is 12.7. The Morgan fingerprint density at radius 1 is 0.345 bits per heavy atom. The third-order valence-electron chi connectivity index (χ3n) is 12.2. The van der Waals surface area contributed by atoms with E-state index in [1.54, 1.807) is 0 Å². The average molecular weight is 821 g/mol. The molecule has 0 aliphatic rings. The molecule has 0 rings (SSSR count). The van der Waals surface area contributed by atoms with E-state index in [0.717, 1.165) is 63.7 Å². The van der Waals surface area contributed by atoms with Crippen molar-refractivity contribution >= 4 is 17.9 Å². The summed E-state index contributed by atoms with van der Waals surface area (Å²) in [6.07, 6.45) is 48.0. The van der Waals surface area contributed by atoms with Crippen molar-refractivity contribution in [3.8, 4) is 0 Å². The SMILES string of the molecule is CCCCCCCCCCCCCCCCCCCC(=O)OC[C@@H](COC(=O)CCCCCCCCCCCCCCC)OC(=O)CCCCCCCCC(C)CC. The maximum atomic E-state index is 12.7. The van der Waals surface area contributed by atoms with Crippen molar-refractivity contribution in [2.45, 2.75) is 297 Å².